The van der Waals surface area contributed by atoms with Gasteiger partial charge in [-0.05, 0) is 31.0 Å². The molecule has 0 N–H and O–H groups in total. The molecule has 2 rings (SSSR count). The summed E-state index contributed by atoms with van der Waals surface area (Å²) >= 11 is 0. The second-order valence-electron chi connectivity index (χ2n) is 6.56. The zero-order valence-electron chi connectivity index (χ0n) is 15.3. The molecule has 0 atom stereocenters. The summed E-state index contributed by atoms with van der Waals surface area (Å²) < 4.78 is 10.00. The molecule has 1 aliphatic rings. The van der Waals surface area contributed by atoms with E-state index in [1.807, 2.05) is 17.0 Å². The Morgan fingerprint density at radius 2 is 1.76 bits per heavy atom. The maximum absolute atomic E-state index is 13.1. The molecular weight excluding hydrogens is 318 g/mol. The van der Waals surface area contributed by atoms with Gasteiger partial charge in [0.1, 0.15) is 5.75 Å². The van der Waals surface area contributed by atoms with Crippen LogP contribution in [-0.2, 0) is 9.53 Å². The Morgan fingerprint density at radius 3 is 2.40 bits per heavy atom. The van der Waals surface area contributed by atoms with Gasteiger partial charge in [0.2, 0.25) is 0 Å². The summed E-state index contributed by atoms with van der Waals surface area (Å²) in [6.45, 7) is 0.396. The maximum atomic E-state index is 13.1. The van der Waals surface area contributed by atoms with E-state index in [1.54, 1.807) is 19.2 Å². The predicted octanol–water partition coefficient (Wildman–Crippen LogP) is 3.81. The van der Waals surface area contributed by atoms with E-state index in [0.717, 1.165) is 25.7 Å². The van der Waals surface area contributed by atoms with Gasteiger partial charge < -0.3 is 14.4 Å². The lowest BCUT2D eigenvalue weighted by Crippen LogP contribution is -2.42. The summed E-state index contributed by atoms with van der Waals surface area (Å²) in [5.74, 6) is 0.346. The summed E-state index contributed by atoms with van der Waals surface area (Å²) in [4.78, 5) is 26.6. The molecule has 1 saturated carbocycles. The average molecular weight is 347 g/mol. The second-order valence-corrected chi connectivity index (χ2v) is 6.56. The molecule has 0 bridgehead atoms. The topological polar surface area (TPSA) is 55.8 Å². The molecule has 0 heterocycles. The zero-order chi connectivity index (χ0) is 18.1. The first-order valence-corrected chi connectivity index (χ1v) is 9.17. The van der Waals surface area contributed by atoms with Crippen molar-refractivity contribution >= 4 is 11.9 Å². The van der Waals surface area contributed by atoms with Crippen LogP contribution in [0.2, 0.25) is 0 Å². The molecule has 1 aromatic rings. The Labute approximate surface area is 150 Å². The van der Waals surface area contributed by atoms with Crippen molar-refractivity contribution in [1.29, 1.82) is 0 Å². The largest absolute Gasteiger partial charge is 0.497 e. The van der Waals surface area contributed by atoms with Crippen molar-refractivity contribution in [2.75, 3.05) is 20.8 Å². The Balaban J connectivity index is 2.18. The number of nitrogens with zero attached hydrogens (tertiary/aromatic N) is 1. The summed E-state index contributed by atoms with van der Waals surface area (Å²) in [5.41, 5.74) is 0.603. The predicted molar refractivity (Wildman–Crippen MR) is 96.8 cm³/mol. The van der Waals surface area contributed by atoms with Gasteiger partial charge in [-0.25, -0.2) is 0 Å². The van der Waals surface area contributed by atoms with Gasteiger partial charge in [-0.1, -0.05) is 38.2 Å². The van der Waals surface area contributed by atoms with E-state index in [0.29, 0.717) is 17.9 Å². The number of carbonyl (C=O) groups excluding carboxylic acids is 2. The van der Waals surface area contributed by atoms with E-state index in [1.165, 1.54) is 26.4 Å². The molecule has 25 heavy (non-hydrogen) atoms. The van der Waals surface area contributed by atoms with Gasteiger partial charge >= 0.3 is 5.97 Å². The molecule has 0 unspecified atom stereocenters. The molecule has 1 fully saturated rings. The number of amides is 1. The number of benzene rings is 1. The fourth-order valence-electron chi connectivity index (χ4n) is 3.43. The Kier molecular flexibility index (Phi) is 7.76. The first-order valence-electron chi connectivity index (χ1n) is 9.17. The maximum Gasteiger partial charge on any atom is 0.307 e. The van der Waals surface area contributed by atoms with Crippen LogP contribution in [-0.4, -0.2) is 43.6 Å². The van der Waals surface area contributed by atoms with Crippen molar-refractivity contribution in [3.8, 4) is 5.75 Å². The van der Waals surface area contributed by atoms with Crippen molar-refractivity contribution in [1.82, 2.24) is 4.90 Å². The van der Waals surface area contributed by atoms with Crippen LogP contribution in [0.5, 0.6) is 5.75 Å². The van der Waals surface area contributed by atoms with Gasteiger partial charge in [0.05, 0.1) is 20.6 Å². The van der Waals surface area contributed by atoms with Crippen molar-refractivity contribution in [3.05, 3.63) is 29.8 Å². The number of hydrogen-bond donors (Lipinski definition) is 0. The Hall–Kier alpha value is -2.04. The third kappa shape index (κ3) is 5.76. The summed E-state index contributed by atoms with van der Waals surface area (Å²) in [6, 6.07) is 7.40. The molecule has 0 radical (unpaired) electrons. The number of ether oxygens (including phenoxy) is 2. The van der Waals surface area contributed by atoms with Gasteiger partial charge in [-0.2, -0.15) is 0 Å². The molecule has 5 heteroatoms. The molecule has 5 nitrogen and oxygen atoms in total. The highest BCUT2D eigenvalue weighted by atomic mass is 16.5. The van der Waals surface area contributed by atoms with Crippen LogP contribution in [0.25, 0.3) is 0 Å². The molecule has 1 aliphatic carbocycles. The number of carbonyl (C=O) groups is 2. The summed E-state index contributed by atoms with van der Waals surface area (Å²) in [7, 11) is 2.97. The fourth-order valence-corrected chi connectivity index (χ4v) is 3.43. The van der Waals surface area contributed by atoms with E-state index >= 15 is 0 Å². The molecule has 1 amide bonds. The zero-order valence-corrected chi connectivity index (χ0v) is 15.3. The molecule has 0 saturated heterocycles. The van der Waals surface area contributed by atoms with Crippen molar-refractivity contribution < 1.29 is 19.1 Å². The summed E-state index contributed by atoms with van der Waals surface area (Å²) in [6.07, 6.45) is 8.19. The van der Waals surface area contributed by atoms with Crippen molar-refractivity contribution in [2.24, 2.45) is 0 Å². The van der Waals surface area contributed by atoms with Crippen LogP contribution in [0.4, 0.5) is 0 Å². The van der Waals surface area contributed by atoms with E-state index in [9.17, 15) is 9.59 Å². The van der Waals surface area contributed by atoms with Crippen LogP contribution < -0.4 is 4.74 Å². The van der Waals surface area contributed by atoms with Gasteiger partial charge in [0, 0.05) is 18.2 Å². The van der Waals surface area contributed by atoms with Gasteiger partial charge in [-0.15, -0.1) is 0 Å². The Morgan fingerprint density at radius 1 is 1.08 bits per heavy atom. The van der Waals surface area contributed by atoms with Crippen molar-refractivity contribution in [2.45, 2.75) is 57.4 Å². The molecule has 0 aromatic heterocycles. The standard InChI is InChI=1S/C20H29NO4/c1-24-18-12-8-9-16(15-18)20(23)21(14-13-19(22)25-2)17-10-6-4-3-5-7-11-17/h8-9,12,15,17H,3-7,10-11,13-14H2,1-2H3. The van der Waals surface area contributed by atoms with Gasteiger partial charge in [0.15, 0.2) is 0 Å². The minimum atomic E-state index is -0.283. The van der Waals surface area contributed by atoms with E-state index in [2.05, 4.69) is 0 Å². The monoisotopic (exact) mass is 347 g/mol. The number of esters is 1. The quantitative estimate of drug-likeness (QED) is 0.734. The van der Waals surface area contributed by atoms with Crippen molar-refractivity contribution in [3.63, 3.8) is 0 Å². The SMILES string of the molecule is COC(=O)CCN(C(=O)c1cccc(OC)c1)C1CCCCCCC1. The average Bonchev–Trinajstić information content (AvgIpc) is 2.62. The van der Waals surface area contributed by atoms with E-state index in [-0.39, 0.29) is 24.3 Å². The Bertz CT molecular complexity index is 565. The lowest BCUT2D eigenvalue weighted by atomic mass is 9.95. The molecular formula is C20H29NO4. The van der Waals surface area contributed by atoms with Gasteiger partial charge in [0.25, 0.3) is 5.91 Å². The molecule has 138 valence electrons. The van der Waals surface area contributed by atoms with E-state index < -0.39 is 0 Å². The number of methoxy groups -OCH3 is 2. The van der Waals surface area contributed by atoms with Gasteiger partial charge in [-0.3, -0.25) is 9.59 Å². The van der Waals surface area contributed by atoms with Crippen LogP contribution in [0, 0.1) is 0 Å². The first kappa shape index (κ1) is 19.3. The van der Waals surface area contributed by atoms with E-state index in [4.69, 9.17) is 9.47 Å². The highest BCUT2D eigenvalue weighted by Crippen LogP contribution is 2.24. The highest BCUT2D eigenvalue weighted by molar-refractivity contribution is 5.95. The normalized spacial score (nSPS) is 15.8. The minimum Gasteiger partial charge on any atom is -0.497 e. The first-order chi connectivity index (χ1) is 12.2. The lowest BCUT2D eigenvalue weighted by Gasteiger charge is -2.33. The lowest BCUT2D eigenvalue weighted by molar-refractivity contribution is -0.140. The van der Waals surface area contributed by atoms with Crippen LogP contribution in [0.15, 0.2) is 24.3 Å². The smallest absolute Gasteiger partial charge is 0.307 e. The fraction of sp³-hybridized carbons (Fsp3) is 0.600. The third-order valence-corrected chi connectivity index (χ3v) is 4.88. The van der Waals surface area contributed by atoms with Crippen LogP contribution in [0.1, 0.15) is 61.7 Å². The molecule has 0 aliphatic heterocycles. The van der Waals surface area contributed by atoms with Crippen LogP contribution in [0.3, 0.4) is 0 Å². The summed E-state index contributed by atoms with van der Waals surface area (Å²) in [5, 5.41) is 0. The second kappa shape index (κ2) is 10.1. The minimum absolute atomic E-state index is 0.0339. The third-order valence-electron chi connectivity index (χ3n) is 4.88. The highest BCUT2D eigenvalue weighted by Gasteiger charge is 2.26. The molecule has 0 spiro atoms. The van der Waals surface area contributed by atoms with Crippen LogP contribution >= 0.6 is 0 Å². The molecule has 1 aromatic carbocycles. The number of hydrogen-bond acceptors (Lipinski definition) is 4. The number of rotatable bonds is 6.